The van der Waals surface area contributed by atoms with E-state index in [-0.39, 0.29) is 0 Å². The molecule has 0 aliphatic carbocycles. The lowest BCUT2D eigenvalue weighted by Gasteiger charge is -2.28. The van der Waals surface area contributed by atoms with Gasteiger partial charge in [-0.1, -0.05) is 170 Å². The Kier molecular flexibility index (Phi) is 9.75. The van der Waals surface area contributed by atoms with E-state index >= 15 is 0 Å². The number of benzene rings is 9. The minimum atomic E-state index is 1.10. The number of nitrogens with zero attached hydrogens (tertiary/aromatic N) is 2. The van der Waals surface area contributed by atoms with Gasteiger partial charge in [-0.25, -0.2) is 0 Å². The molecule has 0 aliphatic heterocycles. The Bertz CT molecular complexity index is 2620. The van der Waals surface area contributed by atoms with Gasteiger partial charge in [-0.05, 0) is 112 Å². The van der Waals surface area contributed by atoms with Crippen LogP contribution >= 0.6 is 0 Å². The van der Waals surface area contributed by atoms with Crippen LogP contribution in [0.15, 0.2) is 243 Å². The molecule has 0 atom stereocenters. The van der Waals surface area contributed by atoms with Gasteiger partial charge in [-0.2, -0.15) is 0 Å². The lowest BCUT2D eigenvalue weighted by Crippen LogP contribution is -2.11. The van der Waals surface area contributed by atoms with Crippen molar-refractivity contribution in [3.63, 3.8) is 0 Å². The Hall–Kier alpha value is -7.42. The van der Waals surface area contributed by atoms with Crippen LogP contribution in [0.2, 0.25) is 0 Å². The molecule has 0 spiro atoms. The van der Waals surface area contributed by atoms with Crippen molar-refractivity contribution < 1.29 is 0 Å². The molecule has 0 amide bonds. The van der Waals surface area contributed by atoms with E-state index in [0.717, 1.165) is 56.4 Å². The summed E-state index contributed by atoms with van der Waals surface area (Å²) in [6.45, 7) is 0. The van der Waals surface area contributed by atoms with Gasteiger partial charge in [-0.15, -0.1) is 0 Å². The molecule has 0 fully saturated rings. The van der Waals surface area contributed by atoms with Crippen molar-refractivity contribution in [2.75, 3.05) is 9.80 Å². The fourth-order valence-electron chi connectivity index (χ4n) is 7.46. The van der Waals surface area contributed by atoms with Gasteiger partial charge in [0.05, 0.1) is 5.69 Å². The molecule has 0 aliphatic rings. The predicted octanol–water partition coefficient (Wildman–Crippen LogP) is 15.3. The summed E-state index contributed by atoms with van der Waals surface area (Å²) in [4.78, 5) is 4.68. The van der Waals surface area contributed by atoms with E-state index in [1.54, 1.807) is 0 Å². The molecule has 0 unspecified atom stereocenters. The largest absolute Gasteiger partial charge is 0.311 e. The van der Waals surface area contributed by atoms with Crippen LogP contribution < -0.4 is 9.80 Å². The van der Waals surface area contributed by atoms with Gasteiger partial charge in [0.2, 0.25) is 0 Å². The minimum absolute atomic E-state index is 1.10. The normalized spacial score (nSPS) is 10.9. The quantitative estimate of drug-likeness (QED) is 0.139. The molecular weight excluding hydrogens is 677 g/mol. The molecule has 9 aromatic rings. The first-order valence-corrected chi connectivity index (χ1v) is 19.1. The minimum Gasteiger partial charge on any atom is -0.311 e. The zero-order chi connectivity index (χ0) is 37.5. The smallest absolute Gasteiger partial charge is 0.0540 e. The molecule has 2 heteroatoms. The second-order valence-corrected chi connectivity index (χ2v) is 13.8. The first-order valence-electron chi connectivity index (χ1n) is 19.1. The summed E-state index contributed by atoms with van der Waals surface area (Å²) >= 11 is 0. The Morgan fingerprint density at radius 1 is 0.196 bits per heavy atom. The molecular formula is C54H40N2. The number of anilines is 6. The molecule has 0 heterocycles. The monoisotopic (exact) mass is 716 g/mol. The van der Waals surface area contributed by atoms with Crippen molar-refractivity contribution in [2.45, 2.75) is 0 Å². The molecule has 0 saturated heterocycles. The van der Waals surface area contributed by atoms with E-state index in [0.29, 0.717) is 0 Å². The SMILES string of the molecule is c1ccc(-c2ccc(N(c3ccccc3)c3ccc(-c4ccc(N(c5ccccc5)c5ccc(-c6ccccc6)cc5)c(-c5ccccc5)c4)cc3)cc2)cc1. The lowest BCUT2D eigenvalue weighted by atomic mass is 9.95. The Morgan fingerprint density at radius 3 is 0.911 bits per heavy atom. The fraction of sp³-hybridized carbons (Fsp3) is 0. The van der Waals surface area contributed by atoms with E-state index in [2.05, 4.69) is 252 Å². The average Bonchev–Trinajstić information content (AvgIpc) is 3.29. The molecule has 0 aromatic heterocycles. The molecule has 9 aromatic carbocycles. The van der Waals surface area contributed by atoms with Gasteiger partial charge in [-0.3, -0.25) is 0 Å². The molecule has 0 bridgehead atoms. The van der Waals surface area contributed by atoms with Gasteiger partial charge in [0.15, 0.2) is 0 Å². The van der Waals surface area contributed by atoms with Crippen molar-refractivity contribution in [1.82, 2.24) is 0 Å². The van der Waals surface area contributed by atoms with E-state index in [4.69, 9.17) is 0 Å². The standard InChI is InChI=1S/C54H40N2/c1-6-16-41(17-7-1)43-26-33-50(34-27-43)55(48-22-12-4-13-23-48)51-35-30-45(31-36-51)47-32-39-54(53(40-47)46-20-10-3-11-21-46)56(49-24-14-5-15-25-49)52-37-28-44(29-38-52)42-18-8-2-9-19-42/h1-40H. The van der Waals surface area contributed by atoms with Crippen molar-refractivity contribution >= 4 is 34.1 Å². The third kappa shape index (κ3) is 7.24. The van der Waals surface area contributed by atoms with Gasteiger partial charge >= 0.3 is 0 Å². The summed E-state index contributed by atoms with van der Waals surface area (Å²) in [5, 5.41) is 0. The maximum atomic E-state index is 2.37. The summed E-state index contributed by atoms with van der Waals surface area (Å²) in [5.74, 6) is 0. The maximum absolute atomic E-state index is 2.37. The zero-order valence-electron chi connectivity index (χ0n) is 31.0. The van der Waals surface area contributed by atoms with Crippen LogP contribution in [0.1, 0.15) is 0 Å². The van der Waals surface area contributed by atoms with Crippen molar-refractivity contribution in [1.29, 1.82) is 0 Å². The van der Waals surface area contributed by atoms with E-state index in [1.165, 1.54) is 22.3 Å². The highest BCUT2D eigenvalue weighted by Gasteiger charge is 2.19. The van der Waals surface area contributed by atoms with Crippen LogP contribution in [0, 0.1) is 0 Å². The molecule has 2 nitrogen and oxygen atoms in total. The summed E-state index contributed by atoms with van der Waals surface area (Å²) in [7, 11) is 0. The van der Waals surface area contributed by atoms with E-state index in [9.17, 15) is 0 Å². The maximum Gasteiger partial charge on any atom is 0.0540 e. The lowest BCUT2D eigenvalue weighted by molar-refractivity contribution is 1.28. The van der Waals surface area contributed by atoms with Crippen LogP contribution in [-0.4, -0.2) is 0 Å². The first kappa shape index (κ1) is 34.4. The highest BCUT2D eigenvalue weighted by atomic mass is 15.1. The second kappa shape index (κ2) is 15.9. The van der Waals surface area contributed by atoms with Crippen molar-refractivity contribution in [3.8, 4) is 44.5 Å². The Labute approximate surface area is 329 Å². The molecule has 0 radical (unpaired) electrons. The number of para-hydroxylation sites is 2. The summed E-state index contributed by atoms with van der Waals surface area (Å²) in [6.07, 6.45) is 0. The predicted molar refractivity (Wildman–Crippen MR) is 238 cm³/mol. The number of hydrogen-bond acceptors (Lipinski definition) is 2. The van der Waals surface area contributed by atoms with E-state index < -0.39 is 0 Å². The third-order valence-corrected chi connectivity index (χ3v) is 10.3. The molecule has 56 heavy (non-hydrogen) atoms. The van der Waals surface area contributed by atoms with Gasteiger partial charge in [0.25, 0.3) is 0 Å². The highest BCUT2D eigenvalue weighted by molar-refractivity contribution is 5.91. The van der Waals surface area contributed by atoms with Crippen molar-refractivity contribution in [3.05, 3.63) is 243 Å². The van der Waals surface area contributed by atoms with Crippen LogP contribution in [0.5, 0.6) is 0 Å². The zero-order valence-corrected chi connectivity index (χ0v) is 31.0. The van der Waals surface area contributed by atoms with Gasteiger partial charge in [0.1, 0.15) is 0 Å². The van der Waals surface area contributed by atoms with Gasteiger partial charge in [0, 0.05) is 34.0 Å². The molecule has 0 N–H and O–H groups in total. The second-order valence-electron chi connectivity index (χ2n) is 13.8. The fourth-order valence-corrected chi connectivity index (χ4v) is 7.46. The molecule has 9 rings (SSSR count). The number of hydrogen-bond donors (Lipinski definition) is 0. The Morgan fingerprint density at radius 2 is 0.482 bits per heavy atom. The van der Waals surface area contributed by atoms with E-state index in [1.807, 2.05) is 0 Å². The Balaban J connectivity index is 1.10. The number of rotatable bonds is 10. The van der Waals surface area contributed by atoms with Crippen LogP contribution in [0.4, 0.5) is 34.1 Å². The molecule has 0 saturated carbocycles. The summed E-state index contributed by atoms with van der Waals surface area (Å²) < 4.78 is 0. The van der Waals surface area contributed by atoms with Crippen LogP contribution in [-0.2, 0) is 0 Å². The summed E-state index contributed by atoms with van der Waals surface area (Å²) in [5.41, 5.74) is 16.1. The average molecular weight is 717 g/mol. The first-order chi connectivity index (χ1) is 27.8. The van der Waals surface area contributed by atoms with Crippen molar-refractivity contribution in [2.24, 2.45) is 0 Å². The third-order valence-electron chi connectivity index (χ3n) is 10.3. The van der Waals surface area contributed by atoms with Gasteiger partial charge < -0.3 is 9.80 Å². The topological polar surface area (TPSA) is 6.48 Å². The highest BCUT2D eigenvalue weighted by Crippen LogP contribution is 2.43. The van der Waals surface area contributed by atoms with Crippen LogP contribution in [0.25, 0.3) is 44.5 Å². The van der Waals surface area contributed by atoms with Crippen LogP contribution in [0.3, 0.4) is 0 Å². The summed E-state index contributed by atoms with van der Waals surface area (Å²) in [6, 6.07) is 86.6. The molecule has 266 valence electrons.